The van der Waals surface area contributed by atoms with E-state index in [0.717, 1.165) is 115 Å². The molecule has 4 radical (unpaired) electrons. The number of aryl methyl sites for hydroxylation is 8. The third-order valence-corrected chi connectivity index (χ3v) is 19.2. The number of aliphatic hydroxyl groups is 4. The van der Waals surface area contributed by atoms with Crippen molar-refractivity contribution in [1.82, 2.24) is 19.9 Å². The molecule has 0 aliphatic rings. The molecule has 704 valence electrons. The number of carbonyl (C=O) groups excluding carboxylic acids is 4. The van der Waals surface area contributed by atoms with E-state index in [1.54, 1.807) is 0 Å². The minimum atomic E-state index is -0.125. The number of ketones is 4. The van der Waals surface area contributed by atoms with Crippen LogP contribution in [0.3, 0.4) is 0 Å². The first-order valence-electron chi connectivity index (χ1n) is 44.4. The zero-order valence-corrected chi connectivity index (χ0v) is 91.5. The molecule has 0 saturated carbocycles. The van der Waals surface area contributed by atoms with Gasteiger partial charge in [-0.1, -0.05) is 263 Å². The van der Waals surface area contributed by atoms with E-state index in [1.165, 1.54) is 118 Å². The van der Waals surface area contributed by atoms with Crippen LogP contribution in [0.4, 0.5) is 0 Å². The van der Waals surface area contributed by atoms with Crippen molar-refractivity contribution in [2.24, 2.45) is 47.3 Å². The third kappa shape index (κ3) is 44.8. The summed E-state index contributed by atoms with van der Waals surface area (Å²) in [4.78, 5) is 61.7. The van der Waals surface area contributed by atoms with Gasteiger partial charge in [0, 0.05) is 135 Å². The molecule has 0 bridgehead atoms. The molecular weight excluding hydrogens is 2320 g/mol. The summed E-state index contributed by atoms with van der Waals surface area (Å²) >= 11 is 0. The fourth-order valence-corrected chi connectivity index (χ4v) is 14.0. The molecule has 4 N–H and O–H groups in total. The maximum absolute atomic E-state index is 11.2. The minimum absolute atomic E-state index is 0. The van der Waals surface area contributed by atoms with Gasteiger partial charge < -0.3 is 20.4 Å². The van der Waals surface area contributed by atoms with E-state index in [0.29, 0.717) is 48.3 Å². The zero-order valence-electron chi connectivity index (χ0n) is 81.9. The second kappa shape index (κ2) is 59.4. The quantitative estimate of drug-likeness (QED) is 0.0285. The van der Waals surface area contributed by atoms with Crippen molar-refractivity contribution >= 4 is 66.7 Å². The van der Waals surface area contributed by atoms with E-state index in [-0.39, 0.29) is 138 Å². The maximum atomic E-state index is 11.2. The van der Waals surface area contributed by atoms with Crippen molar-refractivity contribution in [3.8, 4) is 45.0 Å². The average molecular weight is 2460 g/mol. The summed E-state index contributed by atoms with van der Waals surface area (Å²) in [6.45, 7) is 55.8. The molecule has 8 aromatic carbocycles. The van der Waals surface area contributed by atoms with Gasteiger partial charge in [0.25, 0.3) is 0 Å². The molecule has 4 heterocycles. The van der Waals surface area contributed by atoms with Gasteiger partial charge in [0.05, 0.1) is 45.1 Å². The third-order valence-electron chi connectivity index (χ3n) is 19.2. The second-order valence-electron chi connectivity index (χ2n) is 36.6. The standard InChI is InChI=1S/4C21H22N.C11H20O2.C9H16O2.2C5H8O2.4Ir/c3*1-14(2)9-17-5-6-18-7-8-20(22-21(18)13-17)19-11-15(3)10-16(4)12-19;1-14(2)10-17-6-5-7-21-19(17)8-9-20(22-21)18-12-15(3)11-16(4)13-18;1-8(2)5-10(12)7-11(13)6-9(3)4;1-6(2)8(10)5-9(11)7(3)4;2*1-4(6)3-5(2)7;;;;/h3*5-8,10-11,13-14H,9H2,1-4H3;5-9,11-12,14H,10H2,1-4H3;7-9,12H,5-6H2,1-4H3;5-7,10H,1-4H3;2*3,6H,1-2H3;;;;/q4*-1;;;;;;;;. The number of benzene rings is 8. The van der Waals surface area contributed by atoms with E-state index < -0.39 is 0 Å². The molecule has 12 nitrogen and oxygen atoms in total. The maximum Gasteiger partial charge on any atom is 0.161 e. The molecule has 12 rings (SSSR count). The number of carbonyl (C=O) groups is 4. The Morgan fingerprint density at radius 2 is 0.623 bits per heavy atom. The monoisotopic (exact) mass is 2460 g/mol. The SMILES string of the molecule is CC(=O)C=C(C)O.CC(=O)C=C(C)O.CC(C)C(=O)C=C(O)C(C)C.CC(C)CC(=O)C=C(O)CC(C)C.Cc1[c-]c(-c2ccc3c(CC(C)C)cccc3n2)cc(C)c1.Cc1[c-]c(-c2ccc3ccc(CC(C)C)cc3n2)cc(C)c1.Cc1[c-]c(-c2ccc3ccc(CC(C)C)cc3n2)cc(C)c1.Cc1[c-]c(-c2ccc3ccc(CC(C)C)cc3n2)cc(C)c1.[Ir].[Ir].[Ir].[Ir]. The summed E-state index contributed by atoms with van der Waals surface area (Å²) in [5.74, 6) is 3.65. The van der Waals surface area contributed by atoms with Crippen molar-refractivity contribution in [2.75, 3.05) is 0 Å². The van der Waals surface area contributed by atoms with Crippen molar-refractivity contribution in [1.29, 1.82) is 0 Å². The van der Waals surface area contributed by atoms with Crippen molar-refractivity contribution in [2.45, 2.75) is 232 Å². The molecule has 130 heavy (non-hydrogen) atoms. The first-order valence-corrected chi connectivity index (χ1v) is 44.4. The Bertz CT molecular complexity index is 5230. The Morgan fingerprint density at radius 1 is 0.323 bits per heavy atom. The molecule has 0 amide bonds. The van der Waals surface area contributed by atoms with Gasteiger partial charge in [0.2, 0.25) is 0 Å². The Balaban J connectivity index is 0.000000762. The van der Waals surface area contributed by atoms with E-state index in [4.69, 9.17) is 30.1 Å². The van der Waals surface area contributed by atoms with E-state index >= 15 is 0 Å². The molecule has 0 atom stereocenters. The van der Waals surface area contributed by atoms with E-state index in [2.05, 4.69) is 305 Å². The summed E-state index contributed by atoms with van der Waals surface area (Å²) in [6.07, 6.45) is 10.5. The Kier molecular flexibility index (Phi) is 54.3. The van der Waals surface area contributed by atoms with Crippen LogP contribution < -0.4 is 0 Å². The fraction of sp³-hybridized carbons (Fsp3) is 0.368. The molecule has 0 unspecified atom stereocenters. The Labute approximate surface area is 832 Å². The van der Waals surface area contributed by atoms with Crippen molar-refractivity contribution in [3.63, 3.8) is 0 Å². The van der Waals surface area contributed by atoms with Crippen LogP contribution in [0.15, 0.2) is 217 Å². The number of rotatable bonds is 22. The molecular formula is C114H140Ir4N4O8-4. The van der Waals surface area contributed by atoms with Crippen molar-refractivity contribution in [3.05, 3.63) is 308 Å². The van der Waals surface area contributed by atoms with Gasteiger partial charge in [-0.25, -0.2) is 0 Å². The fourth-order valence-electron chi connectivity index (χ4n) is 14.0. The predicted molar refractivity (Wildman–Crippen MR) is 530 cm³/mol. The molecule has 4 aromatic heterocycles. The average Bonchev–Trinajstić information content (AvgIpc) is 1.77. The first-order chi connectivity index (χ1) is 59.2. The molecule has 0 aliphatic heterocycles. The van der Waals surface area contributed by atoms with Crippen LogP contribution in [0, 0.1) is 127 Å². The van der Waals surface area contributed by atoms with Crippen LogP contribution in [-0.4, -0.2) is 63.5 Å². The Morgan fingerprint density at radius 3 is 0.885 bits per heavy atom. The van der Waals surface area contributed by atoms with Crippen LogP contribution in [0.2, 0.25) is 0 Å². The van der Waals surface area contributed by atoms with Gasteiger partial charge in [-0.3, -0.25) is 39.1 Å². The number of fused-ring (bicyclic) bond motifs is 4. The predicted octanol–water partition coefficient (Wildman–Crippen LogP) is 29.5. The van der Waals surface area contributed by atoms with Gasteiger partial charge in [0.1, 0.15) is 0 Å². The number of aromatic nitrogens is 4. The van der Waals surface area contributed by atoms with Gasteiger partial charge in [-0.15, -0.1) is 140 Å². The van der Waals surface area contributed by atoms with E-state index in [9.17, 15) is 29.4 Å². The molecule has 0 saturated heterocycles. The molecule has 0 spiro atoms. The van der Waals surface area contributed by atoms with Crippen LogP contribution in [-0.2, 0) is 125 Å². The largest absolute Gasteiger partial charge is 0.512 e. The number of hydrogen-bond donors (Lipinski definition) is 4. The summed E-state index contributed by atoms with van der Waals surface area (Å²) < 4.78 is 0. The number of hydrogen-bond acceptors (Lipinski definition) is 12. The number of aliphatic hydroxyl groups excluding tert-OH is 4. The topological polar surface area (TPSA) is 201 Å². The van der Waals surface area contributed by atoms with Crippen LogP contribution in [0.1, 0.15) is 218 Å². The first kappa shape index (κ1) is 119. The van der Waals surface area contributed by atoms with Crippen LogP contribution in [0.25, 0.3) is 88.6 Å². The molecule has 12 aromatic rings. The second-order valence-corrected chi connectivity index (χ2v) is 36.6. The number of allylic oxidation sites excluding steroid dienone is 8. The summed E-state index contributed by atoms with van der Waals surface area (Å²) in [5.41, 5.74) is 27.7. The van der Waals surface area contributed by atoms with E-state index in [1.807, 2.05) is 55.4 Å². The van der Waals surface area contributed by atoms with Crippen molar-refractivity contribution < 1.29 is 120 Å². The normalized spacial score (nSPS) is 11.2. The summed E-state index contributed by atoms with van der Waals surface area (Å²) in [5, 5.41) is 40.1. The van der Waals surface area contributed by atoms with Gasteiger partial charge in [-0.2, -0.15) is 0 Å². The zero-order chi connectivity index (χ0) is 93.9. The minimum Gasteiger partial charge on any atom is -0.512 e. The van der Waals surface area contributed by atoms with Crippen LogP contribution >= 0.6 is 0 Å². The molecule has 0 fully saturated rings. The molecule has 0 aliphatic carbocycles. The smallest absolute Gasteiger partial charge is 0.161 e. The summed E-state index contributed by atoms with van der Waals surface area (Å²) in [7, 11) is 0. The Hall–Kier alpha value is -9.16. The van der Waals surface area contributed by atoms with Gasteiger partial charge >= 0.3 is 0 Å². The number of nitrogens with zero attached hydrogens (tertiary/aromatic N) is 4. The van der Waals surface area contributed by atoms with Gasteiger partial charge in [-0.05, 0) is 174 Å². The molecule has 16 heteroatoms. The van der Waals surface area contributed by atoms with Crippen LogP contribution in [0.5, 0.6) is 0 Å². The van der Waals surface area contributed by atoms with Gasteiger partial charge in [0.15, 0.2) is 23.1 Å². The number of pyridine rings is 4. The summed E-state index contributed by atoms with van der Waals surface area (Å²) in [6, 6.07) is 74.2.